The van der Waals surface area contributed by atoms with E-state index in [-0.39, 0.29) is 12.5 Å². The van der Waals surface area contributed by atoms with Gasteiger partial charge in [-0.3, -0.25) is 0 Å². The second-order valence-corrected chi connectivity index (χ2v) is 11.5. The van der Waals surface area contributed by atoms with E-state index in [9.17, 15) is 50.8 Å². The van der Waals surface area contributed by atoms with Crippen LogP contribution >= 0.6 is 11.6 Å². The van der Waals surface area contributed by atoms with Crippen molar-refractivity contribution in [3.63, 3.8) is 0 Å². The molecular weight excluding hydrogens is 664 g/mol. The van der Waals surface area contributed by atoms with E-state index < -0.39 is 123 Å². The number of hydrogen-bond acceptors (Lipinski definition) is 17. The SMILES string of the molecule is C[C@@H](O)C(N=[N+]=[N-])C1O[C@@](OCC2O[C@@H](O[C@@H]3C(CO)O[C@@H](OCCCCl)C(O)C3O)C(O)C(O)[C@H]2O)(C(=O)O)CC(O)C1N=[N+]=[N-]. The van der Waals surface area contributed by atoms with Crippen molar-refractivity contribution in [3.8, 4) is 0 Å². The summed E-state index contributed by atoms with van der Waals surface area (Å²) in [7, 11) is 0. The van der Waals surface area contributed by atoms with Gasteiger partial charge in [0.05, 0.1) is 50.2 Å². The van der Waals surface area contributed by atoms with Gasteiger partial charge in [-0.1, -0.05) is 10.2 Å². The Labute approximate surface area is 271 Å². The van der Waals surface area contributed by atoms with Gasteiger partial charge in [0.15, 0.2) is 12.6 Å². The molecule has 3 rings (SSSR count). The Morgan fingerprint density at radius 1 is 1.02 bits per heavy atom. The third-order valence-corrected chi connectivity index (χ3v) is 8.15. The highest BCUT2D eigenvalue weighted by Crippen LogP contribution is 2.37. The molecule has 10 unspecified atom stereocenters. The summed E-state index contributed by atoms with van der Waals surface area (Å²) in [6.07, 6.45) is -22.9. The van der Waals surface area contributed by atoms with Crippen LogP contribution in [0, 0.1) is 0 Å². The van der Waals surface area contributed by atoms with Gasteiger partial charge in [-0.15, -0.1) is 11.6 Å². The van der Waals surface area contributed by atoms with Crippen molar-refractivity contribution >= 4 is 17.6 Å². The summed E-state index contributed by atoms with van der Waals surface area (Å²) in [6.45, 7) is -0.487. The monoisotopic (exact) mass is 702 g/mol. The molecule has 0 saturated carbocycles. The molecular formula is C24H39ClN6O16. The Kier molecular flexibility index (Phi) is 14.6. The molecule has 3 fully saturated rings. The maximum absolute atomic E-state index is 12.5. The molecule has 268 valence electrons. The van der Waals surface area contributed by atoms with Gasteiger partial charge in [0, 0.05) is 22.1 Å². The molecule has 0 aromatic rings. The van der Waals surface area contributed by atoms with Crippen LogP contribution in [0.2, 0.25) is 0 Å². The molecule has 3 aliphatic heterocycles. The second kappa shape index (κ2) is 17.5. The third-order valence-electron chi connectivity index (χ3n) is 7.88. The predicted molar refractivity (Wildman–Crippen MR) is 150 cm³/mol. The van der Waals surface area contributed by atoms with Crippen LogP contribution in [0.3, 0.4) is 0 Å². The average molecular weight is 703 g/mol. The Morgan fingerprint density at radius 2 is 1.68 bits per heavy atom. The molecule has 0 bridgehead atoms. The molecule has 3 saturated heterocycles. The summed E-state index contributed by atoms with van der Waals surface area (Å²) >= 11 is 5.61. The smallest absolute Gasteiger partial charge is 0.364 e. The van der Waals surface area contributed by atoms with Crippen molar-refractivity contribution in [2.24, 2.45) is 10.2 Å². The molecule has 9 N–H and O–H groups in total. The van der Waals surface area contributed by atoms with Crippen LogP contribution in [0.5, 0.6) is 0 Å². The van der Waals surface area contributed by atoms with Crippen LogP contribution in [0.1, 0.15) is 19.8 Å². The van der Waals surface area contributed by atoms with Crippen LogP contribution in [0.25, 0.3) is 20.9 Å². The van der Waals surface area contributed by atoms with Gasteiger partial charge in [-0.05, 0) is 24.4 Å². The number of hydrogen-bond donors (Lipinski definition) is 9. The van der Waals surface area contributed by atoms with Gasteiger partial charge < -0.3 is 74.4 Å². The Hall–Kier alpha value is -2.18. The molecule has 3 heterocycles. The molecule has 0 amide bonds. The quantitative estimate of drug-likeness (QED) is 0.0269. The molecule has 0 aliphatic carbocycles. The lowest BCUT2D eigenvalue weighted by atomic mass is 9.88. The lowest BCUT2D eigenvalue weighted by Crippen LogP contribution is -2.66. The van der Waals surface area contributed by atoms with E-state index in [1.165, 1.54) is 6.92 Å². The van der Waals surface area contributed by atoms with Crippen LogP contribution in [-0.2, 0) is 33.2 Å². The highest BCUT2D eigenvalue weighted by atomic mass is 35.5. The Bertz CT molecular complexity index is 1110. The molecule has 0 aromatic heterocycles. The van der Waals surface area contributed by atoms with Crippen molar-refractivity contribution in [1.82, 2.24) is 0 Å². The molecule has 3 aliphatic rings. The predicted octanol–water partition coefficient (Wildman–Crippen LogP) is -3.05. The van der Waals surface area contributed by atoms with Gasteiger partial charge in [0.25, 0.3) is 5.79 Å². The summed E-state index contributed by atoms with van der Waals surface area (Å²) in [4.78, 5) is 17.6. The number of carboxylic acid groups (broad SMARTS) is 1. The van der Waals surface area contributed by atoms with Crippen molar-refractivity contribution in [3.05, 3.63) is 20.9 Å². The number of nitrogens with zero attached hydrogens (tertiary/aromatic N) is 6. The van der Waals surface area contributed by atoms with Crippen molar-refractivity contribution in [2.75, 3.05) is 25.7 Å². The highest BCUT2D eigenvalue weighted by Gasteiger charge is 2.57. The van der Waals surface area contributed by atoms with Gasteiger partial charge in [-0.2, -0.15) is 0 Å². The average Bonchev–Trinajstić information content (AvgIpc) is 3.03. The van der Waals surface area contributed by atoms with E-state index >= 15 is 0 Å². The number of azide groups is 2. The first-order chi connectivity index (χ1) is 22.3. The van der Waals surface area contributed by atoms with Crippen LogP contribution < -0.4 is 0 Å². The lowest BCUT2D eigenvalue weighted by molar-refractivity contribution is -0.366. The zero-order valence-corrected chi connectivity index (χ0v) is 25.6. The fourth-order valence-corrected chi connectivity index (χ4v) is 5.48. The maximum Gasteiger partial charge on any atom is 0.364 e. The summed E-state index contributed by atoms with van der Waals surface area (Å²) in [5, 5.41) is 101. The maximum atomic E-state index is 12.5. The summed E-state index contributed by atoms with van der Waals surface area (Å²) in [6, 6.07) is -3.12. The normalized spacial score (nSPS) is 42.0. The minimum Gasteiger partial charge on any atom is -0.477 e. The second-order valence-electron chi connectivity index (χ2n) is 11.1. The minimum absolute atomic E-state index is 0.0502. The van der Waals surface area contributed by atoms with Gasteiger partial charge in [0.2, 0.25) is 0 Å². The number of ether oxygens (including phenoxy) is 6. The van der Waals surface area contributed by atoms with Crippen LogP contribution in [0.4, 0.5) is 0 Å². The minimum atomic E-state index is -2.79. The number of rotatable bonds is 15. The number of halogens is 1. The molecule has 22 nitrogen and oxygen atoms in total. The number of carboxylic acids is 1. The van der Waals surface area contributed by atoms with E-state index in [4.69, 9.17) is 51.1 Å². The number of alkyl halides is 1. The van der Waals surface area contributed by atoms with E-state index in [0.717, 1.165) is 0 Å². The lowest BCUT2D eigenvalue weighted by Gasteiger charge is -2.47. The number of aliphatic carboxylic acids is 1. The summed E-state index contributed by atoms with van der Waals surface area (Å²) in [5.41, 5.74) is 17.9. The van der Waals surface area contributed by atoms with Gasteiger partial charge >= 0.3 is 5.97 Å². The number of aliphatic hydroxyl groups excluding tert-OH is 8. The van der Waals surface area contributed by atoms with Gasteiger partial charge in [-0.25, -0.2) is 4.79 Å². The standard InChI is InChI=1S/C24H39ClN6O16/c1-8(33)12(28-30-26)20-13(29-31-27)9(34)5-24(47-20,23(40)41)43-7-11-14(35)15(36)17(38)22(45-11)46-19-10(6-32)44-21(18(39)16(19)37)42-4-2-3-25/h8-22,32-39H,2-7H2,1H3,(H,40,41)/t8-,9?,10?,11?,12?,13?,14+,15?,16?,17?,18?,19-,20?,21-,22+,24-/m1/s1. The topological polar surface area (TPSA) is 352 Å². The third kappa shape index (κ3) is 8.90. The number of carbonyl (C=O) groups is 1. The van der Waals surface area contributed by atoms with Crippen LogP contribution in [0.15, 0.2) is 10.2 Å². The zero-order chi connectivity index (χ0) is 35.1. The fourth-order valence-electron chi connectivity index (χ4n) is 5.37. The number of aliphatic hydroxyl groups is 8. The molecule has 0 spiro atoms. The van der Waals surface area contributed by atoms with E-state index in [1.54, 1.807) is 0 Å². The van der Waals surface area contributed by atoms with Gasteiger partial charge in [0.1, 0.15) is 48.8 Å². The Balaban J connectivity index is 1.81. The molecule has 0 radical (unpaired) electrons. The first-order valence-corrected chi connectivity index (χ1v) is 14.9. The first-order valence-electron chi connectivity index (χ1n) is 14.4. The highest BCUT2D eigenvalue weighted by molar-refractivity contribution is 6.17. The largest absolute Gasteiger partial charge is 0.477 e. The summed E-state index contributed by atoms with van der Waals surface area (Å²) < 4.78 is 33.1. The molecule has 16 atom stereocenters. The van der Waals surface area contributed by atoms with Crippen molar-refractivity contribution < 1.29 is 79.2 Å². The summed E-state index contributed by atoms with van der Waals surface area (Å²) in [5.74, 6) is -4.39. The van der Waals surface area contributed by atoms with E-state index in [2.05, 4.69) is 20.1 Å². The zero-order valence-electron chi connectivity index (χ0n) is 24.8. The first kappa shape index (κ1) is 39.3. The fraction of sp³-hybridized carbons (Fsp3) is 0.958. The van der Waals surface area contributed by atoms with Crippen LogP contribution in [-0.4, -0.2) is 175 Å². The molecule has 47 heavy (non-hydrogen) atoms. The Morgan fingerprint density at radius 3 is 2.26 bits per heavy atom. The molecule has 23 heteroatoms. The van der Waals surface area contributed by atoms with E-state index in [1.807, 2.05) is 0 Å². The van der Waals surface area contributed by atoms with Crippen molar-refractivity contribution in [1.29, 1.82) is 0 Å². The molecule has 0 aromatic carbocycles. The van der Waals surface area contributed by atoms with E-state index in [0.29, 0.717) is 6.42 Å². The van der Waals surface area contributed by atoms with Crippen molar-refractivity contribution in [2.45, 2.75) is 117 Å².